The molecule has 0 fully saturated rings. The first-order chi connectivity index (χ1) is 12.8. The van der Waals surface area contributed by atoms with Crippen molar-refractivity contribution in [2.75, 3.05) is 0 Å². The Labute approximate surface area is 160 Å². The highest BCUT2D eigenvalue weighted by atomic mass is 16.2. The van der Waals surface area contributed by atoms with Crippen LogP contribution in [-0.2, 0) is 4.79 Å². The summed E-state index contributed by atoms with van der Waals surface area (Å²) in [5.74, 6) is 0.0141. The summed E-state index contributed by atoms with van der Waals surface area (Å²) in [7, 11) is 0. The molecule has 0 radical (unpaired) electrons. The first-order valence-electron chi connectivity index (χ1n) is 10.7. The number of hydrazone groups is 1. The van der Waals surface area contributed by atoms with Gasteiger partial charge in [-0.15, -0.1) is 0 Å². The van der Waals surface area contributed by atoms with Gasteiger partial charge in [0.2, 0.25) is 5.91 Å². The number of hydrogen-bond acceptors (Lipinski definition) is 2. The van der Waals surface area contributed by atoms with E-state index in [-0.39, 0.29) is 5.91 Å². The molecule has 0 atom stereocenters. The van der Waals surface area contributed by atoms with E-state index < -0.39 is 0 Å². The van der Waals surface area contributed by atoms with E-state index >= 15 is 0 Å². The highest BCUT2D eigenvalue weighted by molar-refractivity contribution is 5.82. The molecule has 1 rings (SSSR count). The van der Waals surface area contributed by atoms with Crippen LogP contribution in [0.5, 0.6) is 0 Å². The summed E-state index contributed by atoms with van der Waals surface area (Å²) in [5, 5.41) is 4.00. The molecule has 1 aromatic rings. The van der Waals surface area contributed by atoms with E-state index in [0.717, 1.165) is 18.4 Å². The number of hydrogen-bond donors (Lipinski definition) is 1. The normalized spacial score (nSPS) is 11.1. The minimum Gasteiger partial charge on any atom is -0.273 e. The molecular formula is C23H38N2O. The Morgan fingerprint density at radius 3 is 1.85 bits per heavy atom. The Morgan fingerprint density at radius 1 is 0.808 bits per heavy atom. The van der Waals surface area contributed by atoms with Gasteiger partial charge in [-0.05, 0) is 12.0 Å². The van der Waals surface area contributed by atoms with Crippen LogP contribution >= 0.6 is 0 Å². The predicted octanol–water partition coefficient (Wildman–Crippen LogP) is 6.62. The third-order valence-electron chi connectivity index (χ3n) is 4.71. The second-order valence-electron chi connectivity index (χ2n) is 7.20. The largest absolute Gasteiger partial charge is 0.273 e. The zero-order valence-corrected chi connectivity index (χ0v) is 16.7. The minimum absolute atomic E-state index is 0.0141. The molecule has 0 saturated carbocycles. The Balaban J connectivity index is 1.84. The van der Waals surface area contributed by atoms with E-state index in [2.05, 4.69) is 17.5 Å². The number of benzene rings is 1. The highest BCUT2D eigenvalue weighted by Crippen LogP contribution is 2.12. The molecule has 0 unspecified atom stereocenters. The summed E-state index contributed by atoms with van der Waals surface area (Å²) in [6.07, 6.45) is 19.4. The molecule has 0 aliphatic rings. The fourth-order valence-electron chi connectivity index (χ4n) is 3.08. The average molecular weight is 359 g/mol. The lowest BCUT2D eigenvalue weighted by molar-refractivity contribution is -0.121. The van der Waals surface area contributed by atoms with Crippen LogP contribution in [0.25, 0.3) is 0 Å². The van der Waals surface area contributed by atoms with Crippen molar-refractivity contribution >= 4 is 12.1 Å². The molecule has 0 aliphatic carbocycles. The third kappa shape index (κ3) is 13.6. The van der Waals surface area contributed by atoms with Gasteiger partial charge in [-0.2, -0.15) is 5.10 Å². The first kappa shape index (κ1) is 22.4. The number of nitrogens with one attached hydrogen (secondary N) is 1. The van der Waals surface area contributed by atoms with Gasteiger partial charge in [0.1, 0.15) is 0 Å². The maximum absolute atomic E-state index is 11.7. The zero-order chi connectivity index (χ0) is 18.7. The predicted molar refractivity (Wildman–Crippen MR) is 112 cm³/mol. The van der Waals surface area contributed by atoms with Gasteiger partial charge in [0.15, 0.2) is 0 Å². The quantitative estimate of drug-likeness (QED) is 0.201. The number of nitrogens with zero attached hydrogens (tertiary/aromatic N) is 1. The van der Waals surface area contributed by atoms with E-state index in [1.807, 2.05) is 30.3 Å². The Morgan fingerprint density at radius 2 is 1.31 bits per heavy atom. The molecule has 3 heteroatoms. The van der Waals surface area contributed by atoms with Gasteiger partial charge in [0.05, 0.1) is 6.21 Å². The molecule has 26 heavy (non-hydrogen) atoms. The van der Waals surface area contributed by atoms with Crippen LogP contribution in [0.1, 0.15) is 102 Å². The topological polar surface area (TPSA) is 41.5 Å². The van der Waals surface area contributed by atoms with Crippen molar-refractivity contribution in [3.8, 4) is 0 Å². The smallest absolute Gasteiger partial charge is 0.240 e. The number of carbonyl (C=O) groups is 1. The van der Waals surface area contributed by atoms with E-state index in [9.17, 15) is 4.79 Å². The maximum atomic E-state index is 11.7. The van der Waals surface area contributed by atoms with Gasteiger partial charge < -0.3 is 0 Å². The van der Waals surface area contributed by atoms with Gasteiger partial charge in [-0.3, -0.25) is 4.79 Å². The van der Waals surface area contributed by atoms with Crippen LogP contribution in [-0.4, -0.2) is 12.1 Å². The minimum atomic E-state index is 0.0141. The molecule has 0 aliphatic heterocycles. The van der Waals surface area contributed by atoms with Crippen LogP contribution in [0.15, 0.2) is 35.4 Å². The molecule has 0 heterocycles. The van der Waals surface area contributed by atoms with Crippen molar-refractivity contribution < 1.29 is 4.79 Å². The molecule has 1 amide bonds. The van der Waals surface area contributed by atoms with Crippen molar-refractivity contribution in [1.82, 2.24) is 5.43 Å². The number of amides is 1. The summed E-state index contributed by atoms with van der Waals surface area (Å²) >= 11 is 0. The van der Waals surface area contributed by atoms with Gasteiger partial charge >= 0.3 is 0 Å². The third-order valence-corrected chi connectivity index (χ3v) is 4.71. The van der Waals surface area contributed by atoms with Crippen molar-refractivity contribution in [1.29, 1.82) is 0 Å². The van der Waals surface area contributed by atoms with Gasteiger partial charge in [-0.25, -0.2) is 5.43 Å². The van der Waals surface area contributed by atoms with Crippen molar-refractivity contribution in [2.45, 2.75) is 96.8 Å². The van der Waals surface area contributed by atoms with Gasteiger partial charge in [0.25, 0.3) is 0 Å². The fourth-order valence-corrected chi connectivity index (χ4v) is 3.08. The summed E-state index contributed by atoms with van der Waals surface area (Å²) in [6, 6.07) is 9.79. The van der Waals surface area contributed by atoms with Crippen molar-refractivity contribution in [2.24, 2.45) is 5.10 Å². The van der Waals surface area contributed by atoms with E-state index in [4.69, 9.17) is 0 Å². The Hall–Kier alpha value is -1.64. The lowest BCUT2D eigenvalue weighted by atomic mass is 10.0. The molecule has 1 aromatic carbocycles. The summed E-state index contributed by atoms with van der Waals surface area (Å²) in [4.78, 5) is 11.7. The molecule has 0 saturated heterocycles. The Kier molecular flexibility index (Phi) is 14.5. The lowest BCUT2D eigenvalue weighted by Crippen LogP contribution is -2.16. The first-order valence-corrected chi connectivity index (χ1v) is 10.7. The Bertz CT molecular complexity index is 470. The van der Waals surface area contributed by atoms with Gasteiger partial charge in [0, 0.05) is 6.42 Å². The summed E-state index contributed by atoms with van der Waals surface area (Å²) in [5.41, 5.74) is 3.60. The molecule has 0 aromatic heterocycles. The fraction of sp³-hybridized carbons (Fsp3) is 0.652. The summed E-state index contributed by atoms with van der Waals surface area (Å²) in [6.45, 7) is 2.27. The van der Waals surface area contributed by atoms with E-state index in [1.54, 1.807) is 6.21 Å². The van der Waals surface area contributed by atoms with Crippen LogP contribution in [0.2, 0.25) is 0 Å². The SMILES string of the molecule is CCCCCCCCCCCCCCCC(=O)N/N=C/c1ccccc1. The van der Waals surface area contributed by atoms with Crippen molar-refractivity contribution in [3.63, 3.8) is 0 Å². The molecule has 3 nitrogen and oxygen atoms in total. The molecule has 0 bridgehead atoms. The number of carbonyl (C=O) groups excluding carboxylic acids is 1. The average Bonchev–Trinajstić information content (AvgIpc) is 2.66. The standard InChI is InChI=1S/C23H38N2O/c1-2-3-4-5-6-7-8-9-10-11-12-13-17-20-23(26)25-24-21-22-18-15-14-16-19-22/h14-16,18-19,21H,2-13,17,20H2,1H3,(H,25,26)/b24-21+. The van der Waals surface area contributed by atoms with Gasteiger partial charge in [-0.1, -0.05) is 114 Å². The molecule has 1 N–H and O–H groups in total. The van der Waals surface area contributed by atoms with E-state index in [0.29, 0.717) is 6.42 Å². The second-order valence-corrected chi connectivity index (χ2v) is 7.20. The summed E-state index contributed by atoms with van der Waals surface area (Å²) < 4.78 is 0. The zero-order valence-electron chi connectivity index (χ0n) is 16.7. The van der Waals surface area contributed by atoms with Crippen LogP contribution in [0, 0.1) is 0 Å². The molecule has 0 spiro atoms. The second kappa shape index (κ2) is 16.8. The maximum Gasteiger partial charge on any atom is 0.240 e. The van der Waals surface area contributed by atoms with Crippen LogP contribution in [0.4, 0.5) is 0 Å². The van der Waals surface area contributed by atoms with Crippen molar-refractivity contribution in [3.05, 3.63) is 35.9 Å². The van der Waals surface area contributed by atoms with Crippen LogP contribution < -0.4 is 5.43 Å². The molecular weight excluding hydrogens is 320 g/mol. The number of rotatable bonds is 16. The monoisotopic (exact) mass is 358 g/mol. The van der Waals surface area contributed by atoms with Crippen LogP contribution in [0.3, 0.4) is 0 Å². The number of unbranched alkanes of at least 4 members (excludes halogenated alkanes) is 12. The van der Waals surface area contributed by atoms with E-state index in [1.165, 1.54) is 70.6 Å². The highest BCUT2D eigenvalue weighted by Gasteiger charge is 1.99. The lowest BCUT2D eigenvalue weighted by Gasteiger charge is -2.03. The molecule has 146 valence electrons.